The molecule has 1 aliphatic carbocycles. The summed E-state index contributed by atoms with van der Waals surface area (Å²) in [7, 11) is 0.176. The van der Waals surface area contributed by atoms with Crippen molar-refractivity contribution in [3.8, 4) is 0 Å². The first-order chi connectivity index (χ1) is 11.2. The van der Waals surface area contributed by atoms with Crippen molar-refractivity contribution in [1.82, 2.24) is 0 Å². The Balaban J connectivity index is 2.60. The molecule has 0 aromatic carbocycles. The fourth-order valence-electron chi connectivity index (χ4n) is 2.73. The van der Waals surface area contributed by atoms with Crippen LogP contribution in [0.2, 0.25) is 13.1 Å². The zero-order chi connectivity index (χ0) is 18.3. The quantitative estimate of drug-likeness (QED) is 0.343. The fraction of sp³-hybridized carbons (Fsp3) is 0.778. The maximum absolute atomic E-state index is 12.5. The molecule has 0 saturated carbocycles. The van der Waals surface area contributed by atoms with Crippen LogP contribution in [-0.2, 0) is 18.8 Å². The van der Waals surface area contributed by atoms with Crippen molar-refractivity contribution >= 4 is 32.6 Å². The summed E-state index contributed by atoms with van der Waals surface area (Å²) in [5.74, 6) is 2.13. The lowest BCUT2D eigenvalue weighted by Crippen LogP contribution is -2.24. The summed E-state index contributed by atoms with van der Waals surface area (Å²) in [6, 6.07) is 0. The van der Waals surface area contributed by atoms with Gasteiger partial charge in [0.2, 0.25) is 9.04 Å². The zero-order valence-electron chi connectivity index (χ0n) is 15.9. The van der Waals surface area contributed by atoms with Crippen molar-refractivity contribution in [1.29, 1.82) is 0 Å². The molecule has 24 heavy (non-hydrogen) atoms. The number of hydrogen-bond donors (Lipinski definition) is 0. The summed E-state index contributed by atoms with van der Waals surface area (Å²) in [5, 5.41) is 0. The molecule has 0 saturated heterocycles. The lowest BCUT2D eigenvalue weighted by molar-refractivity contribution is -0.140. The van der Waals surface area contributed by atoms with Crippen LogP contribution in [0.1, 0.15) is 52.9 Å². The predicted molar refractivity (Wildman–Crippen MR) is 102 cm³/mol. The number of Topliss-reactive ketones (excluding diaryl/α,β-unsaturated/α-hetero) is 1. The van der Waals surface area contributed by atoms with Crippen LogP contribution < -0.4 is 0 Å². The lowest BCUT2D eigenvalue weighted by atomic mass is 9.79. The van der Waals surface area contributed by atoms with Gasteiger partial charge in [0, 0.05) is 18.8 Å². The normalized spacial score (nSPS) is 18.5. The van der Waals surface area contributed by atoms with Crippen molar-refractivity contribution in [2.45, 2.75) is 66.0 Å². The Morgan fingerprint density at radius 1 is 1.25 bits per heavy atom. The molecule has 1 rings (SSSR count). The van der Waals surface area contributed by atoms with E-state index in [0.717, 1.165) is 35.7 Å². The molecule has 0 radical (unpaired) electrons. The van der Waals surface area contributed by atoms with E-state index in [-0.39, 0.29) is 23.1 Å². The molecule has 0 N–H and O–H groups in total. The summed E-state index contributed by atoms with van der Waals surface area (Å²) < 4.78 is 10.8. The van der Waals surface area contributed by atoms with Gasteiger partial charge in [0.1, 0.15) is 5.76 Å². The number of ketones is 1. The molecule has 0 spiro atoms. The number of carbonyl (C=O) groups excluding carboxylic acids is 2. The van der Waals surface area contributed by atoms with Gasteiger partial charge in [-0.2, -0.15) is 0 Å². The van der Waals surface area contributed by atoms with E-state index in [9.17, 15) is 9.59 Å². The largest absolute Gasteiger partial charge is 0.549 e. The molecule has 0 amide bonds. The van der Waals surface area contributed by atoms with Gasteiger partial charge in [-0.15, -0.1) is 11.8 Å². The van der Waals surface area contributed by atoms with Crippen LogP contribution in [0, 0.1) is 11.3 Å². The number of rotatable bonds is 9. The maximum Gasteiger partial charge on any atom is 0.305 e. The summed E-state index contributed by atoms with van der Waals surface area (Å²) >= 11 is 1.64. The van der Waals surface area contributed by atoms with Crippen molar-refractivity contribution in [3.05, 3.63) is 10.7 Å². The highest BCUT2D eigenvalue weighted by molar-refractivity contribution is 8.04. The van der Waals surface area contributed by atoms with Gasteiger partial charge in [-0.1, -0.05) is 27.2 Å². The summed E-state index contributed by atoms with van der Waals surface area (Å²) in [6.45, 7) is 10.8. The van der Waals surface area contributed by atoms with E-state index < -0.39 is 9.04 Å². The van der Waals surface area contributed by atoms with Crippen LogP contribution in [-0.4, -0.2) is 33.7 Å². The number of carbonyl (C=O) groups is 2. The van der Waals surface area contributed by atoms with E-state index in [4.69, 9.17) is 4.43 Å². The second kappa shape index (κ2) is 9.66. The average Bonchev–Trinajstić information content (AvgIpc) is 2.78. The molecular weight excluding hydrogens is 340 g/mol. The molecule has 0 aromatic rings. The Hall–Kier alpha value is -0.753. The minimum atomic E-state index is -1.24. The molecule has 1 atom stereocenters. The van der Waals surface area contributed by atoms with Crippen LogP contribution in [0.15, 0.2) is 10.7 Å². The first kappa shape index (κ1) is 21.3. The molecule has 1 aliphatic rings. The molecule has 6 heteroatoms. The number of unbranched alkanes of at least 4 members (excludes halogenated alkanes) is 2. The Labute approximate surface area is 152 Å². The van der Waals surface area contributed by atoms with E-state index in [0.29, 0.717) is 12.8 Å². The van der Waals surface area contributed by atoms with Gasteiger partial charge in [0.25, 0.3) is 0 Å². The van der Waals surface area contributed by atoms with E-state index >= 15 is 0 Å². The summed E-state index contributed by atoms with van der Waals surface area (Å²) in [5.41, 5.74) is 0.0388. The number of esters is 1. The Kier molecular flexibility index (Phi) is 8.57. The summed E-state index contributed by atoms with van der Waals surface area (Å²) in [6.07, 6.45) is 3.85. The fourth-order valence-corrected chi connectivity index (χ4v) is 4.74. The Morgan fingerprint density at radius 2 is 1.92 bits per heavy atom. The third-order valence-electron chi connectivity index (χ3n) is 4.09. The van der Waals surface area contributed by atoms with Gasteiger partial charge < -0.3 is 9.16 Å². The number of thioether (sulfide) groups is 1. The second-order valence-corrected chi connectivity index (χ2v) is 11.1. The minimum Gasteiger partial charge on any atom is -0.549 e. The zero-order valence-corrected chi connectivity index (χ0v) is 17.9. The topological polar surface area (TPSA) is 52.6 Å². The summed E-state index contributed by atoms with van der Waals surface area (Å²) in [4.78, 5) is 24.4. The van der Waals surface area contributed by atoms with E-state index in [2.05, 4.69) is 38.6 Å². The lowest BCUT2D eigenvalue weighted by Gasteiger charge is -2.30. The molecule has 0 aromatic heterocycles. The van der Waals surface area contributed by atoms with Crippen LogP contribution in [0.25, 0.3) is 0 Å². The van der Waals surface area contributed by atoms with Gasteiger partial charge in [0.15, 0.2) is 5.78 Å². The molecular formula is C18H32O4SSi. The third-order valence-corrected chi connectivity index (χ3v) is 6.03. The first-order valence-corrected chi connectivity index (χ1v) is 12.6. The molecule has 0 aliphatic heterocycles. The van der Waals surface area contributed by atoms with Crippen LogP contribution in [0.4, 0.5) is 0 Å². The Morgan fingerprint density at radius 3 is 2.46 bits per heavy atom. The maximum atomic E-state index is 12.5. The highest BCUT2D eigenvalue weighted by atomic mass is 32.2. The van der Waals surface area contributed by atoms with Gasteiger partial charge >= 0.3 is 5.97 Å². The van der Waals surface area contributed by atoms with Gasteiger partial charge in [-0.3, -0.25) is 9.59 Å². The van der Waals surface area contributed by atoms with Crippen LogP contribution >= 0.6 is 11.8 Å². The van der Waals surface area contributed by atoms with Crippen LogP contribution in [0.5, 0.6) is 0 Å². The molecule has 4 nitrogen and oxygen atoms in total. The number of methoxy groups -OCH3 is 1. The molecule has 0 heterocycles. The van der Waals surface area contributed by atoms with E-state index in [1.54, 1.807) is 11.8 Å². The molecule has 0 bridgehead atoms. The molecule has 1 unspecified atom stereocenters. The monoisotopic (exact) mass is 372 g/mol. The Bertz CT molecular complexity index is 480. The standard InChI is InChI=1S/C18H32O4SSi/c1-18(2,3)13-12-14(19)17(16(13)22-24(5)6)23-11-9-7-8-10-15(20)21-4/h13,24H,7-12H2,1-6H3. The van der Waals surface area contributed by atoms with Gasteiger partial charge in [-0.05, 0) is 37.1 Å². The molecule has 138 valence electrons. The first-order valence-electron chi connectivity index (χ1n) is 8.80. The van der Waals surface area contributed by atoms with Crippen molar-refractivity contribution in [2.75, 3.05) is 12.9 Å². The average molecular weight is 373 g/mol. The molecule has 0 fully saturated rings. The van der Waals surface area contributed by atoms with Crippen molar-refractivity contribution in [3.63, 3.8) is 0 Å². The van der Waals surface area contributed by atoms with Crippen molar-refractivity contribution < 1.29 is 18.8 Å². The second-order valence-electron chi connectivity index (χ2n) is 7.64. The van der Waals surface area contributed by atoms with Gasteiger partial charge in [0.05, 0.1) is 12.0 Å². The SMILES string of the molecule is COC(=O)CCCCCSC1=C(O[SiH](C)C)C(C(C)(C)C)CC1=O. The van der Waals surface area contributed by atoms with Crippen LogP contribution in [0.3, 0.4) is 0 Å². The predicted octanol–water partition coefficient (Wildman–Crippen LogP) is 4.30. The minimum absolute atomic E-state index is 0.0388. The van der Waals surface area contributed by atoms with E-state index in [1.165, 1.54) is 7.11 Å². The smallest absolute Gasteiger partial charge is 0.305 e. The van der Waals surface area contributed by atoms with E-state index in [1.807, 2.05) is 0 Å². The third kappa shape index (κ3) is 6.63. The number of hydrogen-bond acceptors (Lipinski definition) is 5. The van der Waals surface area contributed by atoms with Gasteiger partial charge in [-0.25, -0.2) is 0 Å². The number of allylic oxidation sites excluding steroid dienone is 2. The number of ether oxygens (including phenoxy) is 1. The highest BCUT2D eigenvalue weighted by Gasteiger charge is 2.40. The van der Waals surface area contributed by atoms with Crippen molar-refractivity contribution in [2.24, 2.45) is 11.3 Å². The highest BCUT2D eigenvalue weighted by Crippen LogP contribution is 2.45.